The van der Waals surface area contributed by atoms with Crippen LogP contribution in [0.4, 0.5) is 5.69 Å². The maximum Gasteiger partial charge on any atom is 0.234 e. The van der Waals surface area contributed by atoms with Crippen LogP contribution in [0.5, 0.6) is 0 Å². The first-order valence-electron chi connectivity index (χ1n) is 8.36. The number of hydrogen-bond donors (Lipinski definition) is 1. The predicted molar refractivity (Wildman–Crippen MR) is 96.0 cm³/mol. The average molecular weight is 345 g/mol. The van der Waals surface area contributed by atoms with Crippen LogP contribution in [0.25, 0.3) is 0 Å². The largest absolute Gasteiger partial charge is 0.325 e. The van der Waals surface area contributed by atoms with Crippen molar-refractivity contribution in [1.29, 1.82) is 0 Å². The zero-order chi connectivity index (χ0) is 16.8. The molecule has 1 fully saturated rings. The first-order chi connectivity index (χ1) is 11.7. The molecule has 2 aromatic rings. The molecule has 0 unspecified atom stereocenters. The number of carbonyl (C=O) groups is 1. The summed E-state index contributed by atoms with van der Waals surface area (Å²) in [6, 6.07) is 8.13. The quantitative estimate of drug-likeness (QED) is 0.782. The van der Waals surface area contributed by atoms with E-state index in [9.17, 15) is 4.79 Å². The van der Waals surface area contributed by atoms with Gasteiger partial charge in [0.15, 0.2) is 5.16 Å². The Kier molecular flexibility index (Phi) is 5.87. The number of anilines is 1. The molecule has 128 valence electrons. The van der Waals surface area contributed by atoms with Crippen LogP contribution in [-0.2, 0) is 17.9 Å². The van der Waals surface area contributed by atoms with E-state index in [1.54, 1.807) is 6.33 Å². The fourth-order valence-electron chi connectivity index (χ4n) is 2.79. The lowest BCUT2D eigenvalue weighted by Crippen LogP contribution is -2.18. The van der Waals surface area contributed by atoms with Gasteiger partial charge in [-0.3, -0.25) is 9.69 Å². The Hall–Kier alpha value is -1.86. The van der Waals surface area contributed by atoms with Gasteiger partial charge in [-0.05, 0) is 50.6 Å². The van der Waals surface area contributed by atoms with Crippen LogP contribution in [0, 0.1) is 0 Å². The molecule has 0 spiro atoms. The van der Waals surface area contributed by atoms with E-state index in [2.05, 4.69) is 32.5 Å². The van der Waals surface area contributed by atoms with Crippen LogP contribution in [0.2, 0.25) is 0 Å². The lowest BCUT2D eigenvalue weighted by atomic mass is 10.2. The topological polar surface area (TPSA) is 63.1 Å². The van der Waals surface area contributed by atoms with Gasteiger partial charge in [-0.1, -0.05) is 23.9 Å². The number of benzene rings is 1. The molecule has 7 heteroatoms. The lowest BCUT2D eigenvalue weighted by molar-refractivity contribution is -0.113. The summed E-state index contributed by atoms with van der Waals surface area (Å²) < 4.78 is 1.92. The molecule has 1 aliphatic rings. The fourth-order valence-corrected chi connectivity index (χ4v) is 3.57. The molecule has 0 aliphatic carbocycles. The second-order valence-electron chi connectivity index (χ2n) is 5.92. The van der Waals surface area contributed by atoms with Crippen molar-refractivity contribution in [2.75, 3.05) is 24.2 Å². The Morgan fingerprint density at radius 2 is 2.00 bits per heavy atom. The van der Waals surface area contributed by atoms with Gasteiger partial charge in [-0.2, -0.15) is 0 Å². The van der Waals surface area contributed by atoms with Crippen LogP contribution in [0.3, 0.4) is 0 Å². The highest BCUT2D eigenvalue weighted by atomic mass is 32.2. The van der Waals surface area contributed by atoms with Crippen LogP contribution < -0.4 is 5.32 Å². The van der Waals surface area contributed by atoms with Gasteiger partial charge < -0.3 is 9.88 Å². The second-order valence-corrected chi connectivity index (χ2v) is 6.86. The molecule has 3 rings (SSSR count). The molecule has 1 N–H and O–H groups in total. The molecule has 1 amide bonds. The molecule has 2 heterocycles. The molecule has 6 nitrogen and oxygen atoms in total. The molecule has 0 atom stereocenters. The fraction of sp³-hybridized carbons (Fsp3) is 0.471. The molecule has 1 aliphatic heterocycles. The highest BCUT2D eigenvalue weighted by molar-refractivity contribution is 7.99. The number of carbonyl (C=O) groups excluding carboxylic acids is 1. The molecular formula is C17H23N5OS. The molecular weight excluding hydrogens is 322 g/mol. The molecule has 1 aromatic heterocycles. The van der Waals surface area contributed by atoms with Crippen molar-refractivity contribution in [3.8, 4) is 0 Å². The number of aromatic nitrogens is 3. The van der Waals surface area contributed by atoms with Gasteiger partial charge in [-0.15, -0.1) is 10.2 Å². The van der Waals surface area contributed by atoms with E-state index in [0.717, 1.165) is 23.9 Å². The summed E-state index contributed by atoms with van der Waals surface area (Å²) in [6.45, 7) is 6.21. The number of likely N-dealkylation sites (tertiary alicyclic amines) is 1. The second kappa shape index (κ2) is 8.30. The van der Waals surface area contributed by atoms with Crippen molar-refractivity contribution < 1.29 is 4.79 Å². The van der Waals surface area contributed by atoms with Crippen molar-refractivity contribution in [2.24, 2.45) is 0 Å². The van der Waals surface area contributed by atoms with Gasteiger partial charge in [0, 0.05) is 18.8 Å². The molecule has 0 radical (unpaired) electrons. The third kappa shape index (κ3) is 4.58. The number of nitrogens with one attached hydrogen (secondary N) is 1. The summed E-state index contributed by atoms with van der Waals surface area (Å²) in [5.74, 6) is 0.298. The number of hydrogen-bond acceptors (Lipinski definition) is 5. The van der Waals surface area contributed by atoms with E-state index in [-0.39, 0.29) is 5.91 Å². The van der Waals surface area contributed by atoms with Gasteiger partial charge in [0.2, 0.25) is 5.91 Å². The minimum absolute atomic E-state index is 0.0297. The molecule has 1 saturated heterocycles. The number of nitrogens with zero attached hydrogens (tertiary/aromatic N) is 4. The zero-order valence-corrected chi connectivity index (χ0v) is 14.8. The van der Waals surface area contributed by atoms with E-state index in [4.69, 9.17) is 0 Å². The Balaban J connectivity index is 1.47. The minimum Gasteiger partial charge on any atom is -0.325 e. The number of rotatable bonds is 7. The Labute approximate surface area is 146 Å². The number of thioether (sulfide) groups is 1. The Bertz CT molecular complexity index is 664. The third-order valence-corrected chi connectivity index (χ3v) is 5.08. The highest BCUT2D eigenvalue weighted by Crippen LogP contribution is 2.17. The Morgan fingerprint density at radius 1 is 1.25 bits per heavy atom. The Morgan fingerprint density at radius 3 is 2.71 bits per heavy atom. The van der Waals surface area contributed by atoms with E-state index >= 15 is 0 Å². The highest BCUT2D eigenvalue weighted by Gasteiger charge is 2.12. The van der Waals surface area contributed by atoms with E-state index in [1.165, 1.54) is 43.3 Å². The van der Waals surface area contributed by atoms with Crippen LogP contribution in [0.15, 0.2) is 35.7 Å². The zero-order valence-electron chi connectivity index (χ0n) is 13.9. The summed E-state index contributed by atoms with van der Waals surface area (Å²) >= 11 is 1.40. The van der Waals surface area contributed by atoms with Gasteiger partial charge >= 0.3 is 0 Å². The molecule has 0 saturated carbocycles. The summed E-state index contributed by atoms with van der Waals surface area (Å²) in [6.07, 6.45) is 4.29. The summed E-state index contributed by atoms with van der Waals surface area (Å²) in [4.78, 5) is 14.5. The molecule has 0 bridgehead atoms. The van der Waals surface area contributed by atoms with Crippen molar-refractivity contribution >= 4 is 23.4 Å². The average Bonchev–Trinajstić information content (AvgIpc) is 3.26. The maximum absolute atomic E-state index is 12.1. The van der Waals surface area contributed by atoms with Crippen molar-refractivity contribution in [3.05, 3.63) is 36.2 Å². The van der Waals surface area contributed by atoms with Crippen LogP contribution in [0.1, 0.15) is 25.3 Å². The maximum atomic E-state index is 12.1. The van der Waals surface area contributed by atoms with Gasteiger partial charge in [0.1, 0.15) is 6.33 Å². The number of amides is 1. The van der Waals surface area contributed by atoms with Crippen molar-refractivity contribution in [1.82, 2.24) is 19.7 Å². The monoisotopic (exact) mass is 345 g/mol. The standard InChI is InChI=1S/C17H23N5OS/c1-2-22-13-18-20-17(22)24-12-16(23)19-15-7-5-14(6-8-15)11-21-9-3-4-10-21/h5-8,13H,2-4,9-12H2,1H3,(H,19,23). The summed E-state index contributed by atoms with van der Waals surface area (Å²) in [5, 5.41) is 11.6. The van der Waals surface area contributed by atoms with E-state index < -0.39 is 0 Å². The normalized spacial score (nSPS) is 14.9. The minimum atomic E-state index is -0.0297. The summed E-state index contributed by atoms with van der Waals surface area (Å²) in [5.41, 5.74) is 2.13. The third-order valence-electron chi connectivity index (χ3n) is 4.10. The predicted octanol–water partition coefficient (Wildman–Crippen LogP) is 2.62. The van der Waals surface area contributed by atoms with Crippen molar-refractivity contribution in [3.63, 3.8) is 0 Å². The summed E-state index contributed by atoms with van der Waals surface area (Å²) in [7, 11) is 0. The SMILES string of the molecule is CCn1cnnc1SCC(=O)Nc1ccc(CN2CCCC2)cc1. The molecule has 1 aromatic carbocycles. The first-order valence-corrected chi connectivity index (χ1v) is 9.35. The van der Waals surface area contributed by atoms with E-state index in [1.807, 2.05) is 23.6 Å². The lowest BCUT2D eigenvalue weighted by Gasteiger charge is -2.14. The van der Waals surface area contributed by atoms with Crippen LogP contribution in [-0.4, -0.2) is 44.4 Å². The van der Waals surface area contributed by atoms with E-state index in [0.29, 0.717) is 5.75 Å². The molecule has 24 heavy (non-hydrogen) atoms. The van der Waals surface area contributed by atoms with Crippen LogP contribution >= 0.6 is 11.8 Å². The van der Waals surface area contributed by atoms with Crippen molar-refractivity contribution in [2.45, 2.75) is 38.0 Å². The van der Waals surface area contributed by atoms with Gasteiger partial charge in [-0.25, -0.2) is 0 Å². The number of aryl methyl sites for hydroxylation is 1. The smallest absolute Gasteiger partial charge is 0.234 e. The van der Waals surface area contributed by atoms with Gasteiger partial charge in [0.25, 0.3) is 0 Å². The first kappa shape index (κ1) is 17.0. The van der Waals surface area contributed by atoms with Gasteiger partial charge in [0.05, 0.1) is 5.75 Å².